The van der Waals surface area contributed by atoms with Crippen LogP contribution in [0.2, 0.25) is 0 Å². The standard InChI is InChI=1S/C39H49N5O10S/c1-6-25-21-39(25,36(48)43-55(50,51)29-13-14-29)42-33(46)32-20-28(53-34-30-15-12-27(52-5)19-24(30)17-18-40-34)22-44(32)35(47)31(41-37(49)54-38(2,3)4)16-11-26(45)10-9-23-7-8-23/h6,9-10,12,15,17-19,23,25,28-29,31-32H,1,7-8,11,13-14,16,20-22H2,2-5H3,(H,41,49)(H,42,46)(H,43,48). The van der Waals surface area contributed by atoms with E-state index in [1.165, 1.54) is 17.1 Å². The van der Waals surface area contributed by atoms with Crippen LogP contribution in [-0.2, 0) is 33.9 Å². The zero-order valence-corrected chi connectivity index (χ0v) is 32.4. The number of rotatable bonds is 16. The van der Waals surface area contributed by atoms with Gasteiger partial charge in [0.15, 0.2) is 5.78 Å². The zero-order chi connectivity index (χ0) is 39.7. The van der Waals surface area contributed by atoms with Crippen LogP contribution >= 0.6 is 0 Å². The van der Waals surface area contributed by atoms with Gasteiger partial charge in [0.05, 0.1) is 18.9 Å². The van der Waals surface area contributed by atoms with Crippen LogP contribution in [0.3, 0.4) is 0 Å². The highest BCUT2D eigenvalue weighted by Gasteiger charge is 2.62. The molecule has 6 rings (SSSR count). The summed E-state index contributed by atoms with van der Waals surface area (Å²) >= 11 is 0. The molecule has 2 aromatic rings. The summed E-state index contributed by atoms with van der Waals surface area (Å²) in [5.74, 6) is -1.79. The molecule has 1 saturated heterocycles. The number of aromatic nitrogens is 1. The number of likely N-dealkylation sites (tertiary alicyclic amines) is 1. The number of hydrogen-bond acceptors (Lipinski definition) is 11. The average molecular weight is 780 g/mol. The minimum absolute atomic E-state index is 0.0369. The van der Waals surface area contributed by atoms with Crippen molar-refractivity contribution in [2.24, 2.45) is 11.8 Å². The van der Waals surface area contributed by atoms with Crippen LogP contribution < -0.4 is 24.8 Å². The molecule has 1 aromatic carbocycles. The molecule has 4 amide bonds. The maximum atomic E-state index is 14.5. The lowest BCUT2D eigenvalue weighted by Crippen LogP contribution is -2.58. The number of amides is 4. The van der Waals surface area contributed by atoms with E-state index in [4.69, 9.17) is 14.2 Å². The summed E-state index contributed by atoms with van der Waals surface area (Å²) in [6.07, 6.45) is 7.55. The molecule has 3 N–H and O–H groups in total. The first kappa shape index (κ1) is 39.7. The molecule has 55 heavy (non-hydrogen) atoms. The highest BCUT2D eigenvalue weighted by atomic mass is 32.2. The molecule has 0 radical (unpaired) electrons. The van der Waals surface area contributed by atoms with Crippen LogP contribution in [0.15, 0.2) is 55.3 Å². The number of ketones is 1. The number of ether oxygens (including phenoxy) is 3. The molecule has 4 aliphatic rings. The Morgan fingerprint density at radius 3 is 2.49 bits per heavy atom. The molecule has 5 unspecified atom stereocenters. The second kappa shape index (κ2) is 15.6. The predicted molar refractivity (Wildman–Crippen MR) is 201 cm³/mol. The number of alkyl carbamates (subject to hydrolysis) is 1. The highest BCUT2D eigenvalue weighted by Crippen LogP contribution is 2.45. The van der Waals surface area contributed by atoms with Crippen molar-refractivity contribution in [3.05, 3.63) is 55.3 Å². The van der Waals surface area contributed by atoms with E-state index in [-0.39, 0.29) is 43.9 Å². The topological polar surface area (TPSA) is 199 Å². The third-order valence-corrected chi connectivity index (χ3v) is 12.0. The molecule has 0 bridgehead atoms. The number of sulfonamides is 1. The zero-order valence-electron chi connectivity index (χ0n) is 31.5. The Balaban J connectivity index is 1.27. The van der Waals surface area contributed by atoms with Gasteiger partial charge in [0.25, 0.3) is 5.91 Å². The largest absolute Gasteiger partial charge is 0.497 e. The van der Waals surface area contributed by atoms with Gasteiger partial charge in [0, 0.05) is 30.3 Å². The van der Waals surface area contributed by atoms with E-state index < -0.39 is 74.3 Å². The van der Waals surface area contributed by atoms with E-state index in [2.05, 4.69) is 26.9 Å². The van der Waals surface area contributed by atoms with Crippen molar-refractivity contribution in [3.8, 4) is 11.6 Å². The summed E-state index contributed by atoms with van der Waals surface area (Å²) in [5, 5.41) is 6.14. The Hall–Kier alpha value is -4.99. The number of methoxy groups -OCH3 is 1. The first-order valence-electron chi connectivity index (χ1n) is 18.6. The minimum Gasteiger partial charge on any atom is -0.497 e. The first-order valence-corrected chi connectivity index (χ1v) is 20.2. The molecule has 3 aliphatic carbocycles. The third-order valence-electron chi connectivity index (χ3n) is 10.2. The van der Waals surface area contributed by atoms with Crippen molar-refractivity contribution in [2.75, 3.05) is 13.7 Å². The smallest absolute Gasteiger partial charge is 0.408 e. The molecule has 16 heteroatoms. The molecular formula is C39H49N5O10S. The lowest BCUT2D eigenvalue weighted by atomic mass is 10.1. The van der Waals surface area contributed by atoms with Gasteiger partial charge in [-0.1, -0.05) is 12.2 Å². The number of fused-ring (bicyclic) bond motifs is 1. The Bertz CT molecular complexity index is 2000. The van der Waals surface area contributed by atoms with E-state index >= 15 is 0 Å². The fourth-order valence-corrected chi connectivity index (χ4v) is 8.07. The molecule has 5 atom stereocenters. The van der Waals surface area contributed by atoms with Gasteiger partial charge in [-0.3, -0.25) is 23.9 Å². The maximum Gasteiger partial charge on any atom is 0.408 e. The van der Waals surface area contributed by atoms with Crippen LogP contribution in [0.25, 0.3) is 10.8 Å². The molecule has 1 aromatic heterocycles. The van der Waals surface area contributed by atoms with E-state index in [0.717, 1.165) is 18.2 Å². The molecular weight excluding hydrogens is 731 g/mol. The van der Waals surface area contributed by atoms with Gasteiger partial charge in [-0.15, -0.1) is 6.58 Å². The number of benzene rings is 1. The van der Waals surface area contributed by atoms with Gasteiger partial charge in [0.2, 0.25) is 27.7 Å². The minimum atomic E-state index is -3.93. The molecule has 4 fully saturated rings. The van der Waals surface area contributed by atoms with Gasteiger partial charge in [-0.2, -0.15) is 0 Å². The molecule has 2 heterocycles. The van der Waals surface area contributed by atoms with Crippen molar-refractivity contribution in [2.45, 2.75) is 107 Å². The number of hydrogen-bond donors (Lipinski definition) is 3. The lowest BCUT2D eigenvalue weighted by Gasteiger charge is -2.30. The number of carbonyl (C=O) groups is 5. The van der Waals surface area contributed by atoms with Gasteiger partial charge in [-0.05, 0) is 101 Å². The summed E-state index contributed by atoms with van der Waals surface area (Å²) in [6.45, 7) is 8.66. The number of carbonyl (C=O) groups excluding carboxylic acids is 5. The fraction of sp³-hybridized carbons (Fsp3) is 0.538. The molecule has 3 saturated carbocycles. The Morgan fingerprint density at radius 1 is 1.11 bits per heavy atom. The van der Waals surface area contributed by atoms with Crippen molar-refractivity contribution in [1.82, 2.24) is 25.2 Å². The van der Waals surface area contributed by atoms with Crippen LogP contribution in [0.1, 0.15) is 72.1 Å². The fourth-order valence-electron chi connectivity index (χ4n) is 6.71. The molecule has 1 aliphatic heterocycles. The lowest BCUT2D eigenvalue weighted by molar-refractivity contribution is -0.141. The van der Waals surface area contributed by atoms with Crippen LogP contribution in [0.4, 0.5) is 4.79 Å². The average Bonchev–Trinajstić information content (AvgIpc) is 4.02. The highest BCUT2D eigenvalue weighted by molar-refractivity contribution is 7.91. The van der Waals surface area contributed by atoms with E-state index in [1.54, 1.807) is 52.3 Å². The number of nitrogens with zero attached hydrogens (tertiary/aromatic N) is 2. The maximum absolute atomic E-state index is 14.5. The van der Waals surface area contributed by atoms with Crippen molar-refractivity contribution >= 4 is 50.4 Å². The molecule has 15 nitrogen and oxygen atoms in total. The third kappa shape index (κ3) is 9.64. The molecule has 296 valence electrons. The predicted octanol–water partition coefficient (Wildman–Crippen LogP) is 3.47. The normalized spacial score (nSPS) is 24.1. The number of pyridine rings is 1. The summed E-state index contributed by atoms with van der Waals surface area (Å²) in [7, 11) is -2.37. The van der Waals surface area contributed by atoms with Crippen LogP contribution in [-0.4, -0.2) is 96.1 Å². The Labute approximate surface area is 320 Å². The monoisotopic (exact) mass is 779 g/mol. The second-order valence-electron chi connectivity index (χ2n) is 15.8. The van der Waals surface area contributed by atoms with Gasteiger partial charge in [0.1, 0.15) is 35.1 Å². The summed E-state index contributed by atoms with van der Waals surface area (Å²) in [6, 6.07) is 4.65. The first-order chi connectivity index (χ1) is 26.0. The Morgan fingerprint density at radius 2 is 1.85 bits per heavy atom. The van der Waals surface area contributed by atoms with Crippen molar-refractivity contribution in [1.29, 1.82) is 0 Å². The summed E-state index contributed by atoms with van der Waals surface area (Å²) in [4.78, 5) is 73.8. The van der Waals surface area contributed by atoms with Gasteiger partial charge >= 0.3 is 6.09 Å². The van der Waals surface area contributed by atoms with Crippen LogP contribution in [0.5, 0.6) is 11.6 Å². The van der Waals surface area contributed by atoms with Gasteiger partial charge in [-0.25, -0.2) is 18.2 Å². The molecule has 0 spiro atoms. The van der Waals surface area contributed by atoms with Gasteiger partial charge < -0.3 is 29.7 Å². The summed E-state index contributed by atoms with van der Waals surface area (Å²) < 4.78 is 44.7. The SMILES string of the molecule is C=CC1CC1(NC(=O)C1CC(Oc2nccc3cc(OC)ccc23)CN1C(=O)C(CCC(=O)C=CC1CC1)NC(=O)OC(C)(C)C)C(=O)NS(=O)(=O)C1CC1. The van der Waals surface area contributed by atoms with E-state index in [0.29, 0.717) is 29.9 Å². The van der Waals surface area contributed by atoms with Crippen molar-refractivity contribution in [3.63, 3.8) is 0 Å². The van der Waals surface area contributed by atoms with E-state index in [1.807, 2.05) is 12.1 Å². The quantitative estimate of drug-likeness (QED) is 0.167. The number of nitrogens with one attached hydrogen (secondary N) is 3. The second-order valence-corrected chi connectivity index (χ2v) is 17.7. The van der Waals surface area contributed by atoms with Crippen LogP contribution in [0, 0.1) is 11.8 Å². The van der Waals surface area contributed by atoms with Crippen molar-refractivity contribution < 1.29 is 46.6 Å². The van der Waals surface area contributed by atoms with E-state index in [9.17, 15) is 32.4 Å². The summed E-state index contributed by atoms with van der Waals surface area (Å²) in [5.41, 5.74) is -2.49. The Kier molecular flexibility index (Phi) is 11.3. The number of allylic oxidation sites excluding steroid dienone is 2.